The molecule has 26 heavy (non-hydrogen) atoms. The normalized spacial score (nSPS) is 16.4. The number of carbonyl (C=O) groups is 1. The van der Waals surface area contributed by atoms with E-state index in [1.807, 2.05) is 6.07 Å². The fourth-order valence-corrected chi connectivity index (χ4v) is 4.64. The highest BCUT2D eigenvalue weighted by atomic mass is 35.5. The molecule has 0 unspecified atom stereocenters. The highest BCUT2D eigenvalue weighted by molar-refractivity contribution is 7.89. The Kier molecular flexibility index (Phi) is 5.60. The van der Waals surface area contributed by atoms with Crippen LogP contribution in [0.1, 0.15) is 41.9 Å². The van der Waals surface area contributed by atoms with Gasteiger partial charge in [-0.2, -0.15) is 4.31 Å². The van der Waals surface area contributed by atoms with E-state index in [2.05, 4.69) is 10.3 Å². The quantitative estimate of drug-likeness (QED) is 0.846. The van der Waals surface area contributed by atoms with Crippen LogP contribution in [0, 0.1) is 0 Å². The minimum atomic E-state index is -3.61. The smallest absolute Gasteiger partial charge is 0.253 e. The van der Waals surface area contributed by atoms with Crippen LogP contribution in [0.3, 0.4) is 0 Å². The van der Waals surface area contributed by atoms with Gasteiger partial charge in [0, 0.05) is 19.3 Å². The number of hydrogen-bond acceptors (Lipinski definition) is 4. The van der Waals surface area contributed by atoms with Crippen molar-refractivity contribution >= 4 is 27.5 Å². The number of benzene rings is 1. The molecule has 0 spiro atoms. The van der Waals surface area contributed by atoms with Crippen LogP contribution in [0.15, 0.2) is 47.5 Å². The number of aromatic nitrogens is 1. The molecule has 1 aromatic carbocycles. The molecule has 138 valence electrons. The van der Waals surface area contributed by atoms with Crippen molar-refractivity contribution in [1.29, 1.82) is 0 Å². The molecule has 1 atom stereocenters. The summed E-state index contributed by atoms with van der Waals surface area (Å²) < 4.78 is 26.8. The first-order chi connectivity index (χ1) is 12.4. The molecule has 0 saturated carbocycles. The third-order valence-electron chi connectivity index (χ3n) is 4.36. The lowest BCUT2D eigenvalue weighted by molar-refractivity contribution is 0.0939. The zero-order chi connectivity index (χ0) is 18.7. The highest BCUT2D eigenvalue weighted by Gasteiger charge is 2.28. The van der Waals surface area contributed by atoms with E-state index < -0.39 is 15.9 Å². The Morgan fingerprint density at radius 3 is 2.62 bits per heavy atom. The first-order valence-corrected chi connectivity index (χ1v) is 10.2. The van der Waals surface area contributed by atoms with E-state index in [4.69, 9.17) is 11.6 Å². The van der Waals surface area contributed by atoms with Crippen molar-refractivity contribution < 1.29 is 13.2 Å². The summed E-state index contributed by atoms with van der Waals surface area (Å²) in [6.07, 6.45) is 3.34. The summed E-state index contributed by atoms with van der Waals surface area (Å²) in [5.74, 6) is -0.438. The van der Waals surface area contributed by atoms with E-state index in [1.54, 1.807) is 25.3 Å². The van der Waals surface area contributed by atoms with Crippen LogP contribution in [0.4, 0.5) is 0 Å². The number of rotatable bonds is 5. The van der Waals surface area contributed by atoms with Gasteiger partial charge in [0.25, 0.3) is 5.91 Å². The number of hydrogen-bond donors (Lipinski definition) is 1. The first-order valence-electron chi connectivity index (χ1n) is 8.41. The van der Waals surface area contributed by atoms with E-state index in [9.17, 15) is 13.2 Å². The summed E-state index contributed by atoms with van der Waals surface area (Å²) in [5, 5.41) is 3.01. The predicted octanol–water partition coefficient (Wildman–Crippen LogP) is 3.01. The van der Waals surface area contributed by atoms with Crippen LogP contribution in [0.5, 0.6) is 0 Å². The molecule has 3 rings (SSSR count). The molecule has 2 heterocycles. The molecule has 1 N–H and O–H groups in total. The van der Waals surface area contributed by atoms with E-state index in [-0.39, 0.29) is 21.5 Å². The lowest BCUT2D eigenvalue weighted by atomic mass is 10.1. The molecule has 0 bridgehead atoms. The third-order valence-corrected chi connectivity index (χ3v) is 6.59. The van der Waals surface area contributed by atoms with Gasteiger partial charge in [0.1, 0.15) is 0 Å². The van der Waals surface area contributed by atoms with Crippen molar-refractivity contribution in [1.82, 2.24) is 14.6 Å². The molecule has 1 aliphatic rings. The fraction of sp³-hybridized carbons (Fsp3) is 0.333. The highest BCUT2D eigenvalue weighted by Crippen LogP contribution is 2.25. The third kappa shape index (κ3) is 3.90. The number of halogens is 1. The Morgan fingerprint density at radius 1 is 1.23 bits per heavy atom. The van der Waals surface area contributed by atoms with E-state index in [0.717, 1.165) is 12.8 Å². The van der Waals surface area contributed by atoms with Gasteiger partial charge in [-0.1, -0.05) is 17.7 Å². The monoisotopic (exact) mass is 393 g/mol. The summed E-state index contributed by atoms with van der Waals surface area (Å²) in [5.41, 5.74) is 0.840. The van der Waals surface area contributed by atoms with Crippen molar-refractivity contribution in [3.8, 4) is 0 Å². The molecular formula is C18H20ClN3O3S. The first kappa shape index (κ1) is 18.8. The van der Waals surface area contributed by atoms with Crippen LogP contribution in [-0.4, -0.2) is 36.7 Å². The van der Waals surface area contributed by atoms with Gasteiger partial charge in [-0.25, -0.2) is 8.42 Å². The minimum Gasteiger partial charge on any atom is -0.344 e. The van der Waals surface area contributed by atoms with Crippen LogP contribution in [0.25, 0.3) is 0 Å². The Morgan fingerprint density at radius 2 is 1.96 bits per heavy atom. The van der Waals surface area contributed by atoms with Crippen LogP contribution in [-0.2, 0) is 10.0 Å². The lowest BCUT2D eigenvalue weighted by Crippen LogP contribution is -2.29. The van der Waals surface area contributed by atoms with E-state index in [0.29, 0.717) is 18.8 Å². The number of carbonyl (C=O) groups excluding carboxylic acids is 1. The van der Waals surface area contributed by atoms with E-state index in [1.165, 1.54) is 22.5 Å². The van der Waals surface area contributed by atoms with Gasteiger partial charge in [-0.05, 0) is 50.1 Å². The van der Waals surface area contributed by atoms with Gasteiger partial charge in [-0.15, -0.1) is 0 Å². The molecule has 1 aromatic heterocycles. The molecule has 0 radical (unpaired) electrons. The summed E-state index contributed by atoms with van der Waals surface area (Å²) in [6.45, 7) is 2.81. The summed E-state index contributed by atoms with van der Waals surface area (Å²) in [4.78, 5) is 16.9. The van der Waals surface area contributed by atoms with Crippen molar-refractivity contribution in [3.63, 3.8) is 0 Å². The summed E-state index contributed by atoms with van der Waals surface area (Å²) in [7, 11) is -3.61. The van der Waals surface area contributed by atoms with Crippen LogP contribution < -0.4 is 5.32 Å². The molecule has 1 aliphatic heterocycles. The summed E-state index contributed by atoms with van der Waals surface area (Å²) >= 11 is 6.15. The maximum absolute atomic E-state index is 12.7. The summed E-state index contributed by atoms with van der Waals surface area (Å²) in [6, 6.07) is 9.33. The second kappa shape index (κ2) is 7.73. The topological polar surface area (TPSA) is 79.4 Å². The largest absolute Gasteiger partial charge is 0.344 e. The Labute approximate surface area is 158 Å². The molecule has 1 fully saturated rings. The maximum atomic E-state index is 12.7. The Bertz CT molecular complexity index is 897. The van der Waals surface area contributed by atoms with Gasteiger partial charge in [-0.3, -0.25) is 9.78 Å². The number of pyridine rings is 1. The SMILES string of the molecule is C[C@@H](NC(=O)c1cc(S(=O)(=O)N2CCCC2)ccc1Cl)c1ccccn1. The van der Waals surface area contributed by atoms with Gasteiger partial charge in [0.05, 0.1) is 27.2 Å². The van der Waals surface area contributed by atoms with Crippen LogP contribution in [0.2, 0.25) is 5.02 Å². The van der Waals surface area contributed by atoms with Gasteiger partial charge < -0.3 is 5.32 Å². The van der Waals surface area contributed by atoms with Crippen molar-refractivity contribution in [2.45, 2.75) is 30.7 Å². The standard InChI is InChI=1S/C18H20ClN3O3S/c1-13(17-6-2-3-9-20-17)21-18(23)15-12-14(7-8-16(15)19)26(24,25)22-10-4-5-11-22/h2-3,6-9,12-13H,4-5,10-11H2,1H3,(H,21,23)/t13-/m1/s1. The average Bonchev–Trinajstić information content (AvgIpc) is 3.18. The molecule has 8 heteroatoms. The minimum absolute atomic E-state index is 0.0828. The second-order valence-electron chi connectivity index (χ2n) is 6.20. The number of amides is 1. The maximum Gasteiger partial charge on any atom is 0.253 e. The second-order valence-corrected chi connectivity index (χ2v) is 8.55. The number of nitrogens with one attached hydrogen (secondary N) is 1. The van der Waals surface area contributed by atoms with Gasteiger partial charge in [0.2, 0.25) is 10.0 Å². The Hall–Kier alpha value is -1.96. The number of sulfonamides is 1. The molecule has 2 aromatic rings. The zero-order valence-electron chi connectivity index (χ0n) is 14.4. The van der Waals surface area contributed by atoms with Gasteiger partial charge >= 0.3 is 0 Å². The fourth-order valence-electron chi connectivity index (χ4n) is 2.90. The predicted molar refractivity (Wildman–Crippen MR) is 99.6 cm³/mol. The van der Waals surface area contributed by atoms with Crippen LogP contribution >= 0.6 is 11.6 Å². The van der Waals surface area contributed by atoms with Crippen molar-refractivity contribution in [2.75, 3.05) is 13.1 Å². The average molecular weight is 394 g/mol. The lowest BCUT2D eigenvalue weighted by Gasteiger charge is -2.17. The molecular weight excluding hydrogens is 374 g/mol. The van der Waals surface area contributed by atoms with Gasteiger partial charge in [0.15, 0.2) is 0 Å². The zero-order valence-corrected chi connectivity index (χ0v) is 15.9. The van der Waals surface area contributed by atoms with Crippen molar-refractivity contribution in [2.24, 2.45) is 0 Å². The molecule has 1 amide bonds. The number of nitrogens with zero attached hydrogens (tertiary/aromatic N) is 2. The molecule has 0 aliphatic carbocycles. The molecule has 1 saturated heterocycles. The van der Waals surface area contributed by atoms with Crippen molar-refractivity contribution in [3.05, 3.63) is 58.9 Å². The van der Waals surface area contributed by atoms with E-state index >= 15 is 0 Å². The Balaban J connectivity index is 1.84. The molecule has 6 nitrogen and oxygen atoms in total.